The quantitative estimate of drug-likeness (QED) is 0.692. The first-order valence-corrected chi connectivity index (χ1v) is 9.24. The van der Waals surface area contributed by atoms with Gasteiger partial charge in [-0.05, 0) is 57.2 Å². The molecule has 0 bridgehead atoms. The Morgan fingerprint density at radius 1 is 1.14 bits per heavy atom. The van der Waals surface area contributed by atoms with Gasteiger partial charge in [0.05, 0.1) is 22.2 Å². The molecule has 8 heteroatoms. The summed E-state index contributed by atoms with van der Waals surface area (Å²) >= 11 is 0. The Bertz CT molecular complexity index is 1060. The minimum atomic E-state index is -0.491. The fraction of sp³-hybridized carbons (Fsp3) is 0.300. The normalized spacial score (nSPS) is 18.3. The van der Waals surface area contributed by atoms with E-state index in [4.69, 9.17) is 0 Å². The van der Waals surface area contributed by atoms with Crippen LogP contribution in [0.25, 0.3) is 22.6 Å². The molecule has 0 unspecified atom stereocenters. The number of carbonyl (C=O) groups excluding carboxylic acids is 2. The van der Waals surface area contributed by atoms with Gasteiger partial charge in [-0.3, -0.25) is 14.5 Å². The first-order chi connectivity index (χ1) is 13.5. The Morgan fingerprint density at radius 2 is 1.86 bits per heavy atom. The number of hydrogen-bond acceptors (Lipinski definition) is 5. The Balaban J connectivity index is 1.53. The van der Waals surface area contributed by atoms with Gasteiger partial charge in [0.25, 0.3) is 11.8 Å². The molecular weight excluding hydrogens is 361 g/mol. The van der Waals surface area contributed by atoms with Crippen LogP contribution >= 0.6 is 0 Å². The molecule has 2 aliphatic rings. The fourth-order valence-electron chi connectivity index (χ4n) is 4.02. The SMILES string of the molecule is CN1CCC(N2C(=O)c3cc4nc(-c5ncccc5F)[nH]c4cc3C2=O)CC1. The molecule has 28 heavy (non-hydrogen) atoms. The monoisotopic (exact) mass is 379 g/mol. The average molecular weight is 379 g/mol. The molecule has 2 aromatic heterocycles. The van der Waals surface area contributed by atoms with E-state index in [0.29, 0.717) is 22.2 Å². The van der Waals surface area contributed by atoms with Crippen LogP contribution in [0, 0.1) is 5.82 Å². The van der Waals surface area contributed by atoms with E-state index in [1.807, 2.05) is 7.05 Å². The second-order valence-corrected chi connectivity index (χ2v) is 7.35. The van der Waals surface area contributed by atoms with Gasteiger partial charge in [-0.1, -0.05) is 0 Å². The van der Waals surface area contributed by atoms with Gasteiger partial charge in [0.1, 0.15) is 5.69 Å². The lowest BCUT2D eigenvalue weighted by molar-refractivity contribution is 0.0516. The summed E-state index contributed by atoms with van der Waals surface area (Å²) in [5.41, 5.74) is 1.91. The van der Waals surface area contributed by atoms with Crippen LogP contribution in [-0.2, 0) is 0 Å². The lowest BCUT2D eigenvalue weighted by atomic mass is 10.0. The molecule has 1 aromatic carbocycles. The van der Waals surface area contributed by atoms with Gasteiger partial charge in [0, 0.05) is 12.2 Å². The molecule has 0 saturated carbocycles. The van der Waals surface area contributed by atoms with Crippen molar-refractivity contribution in [3.05, 3.63) is 47.4 Å². The molecular formula is C20H18FN5O2. The molecule has 7 nitrogen and oxygen atoms in total. The number of imide groups is 1. The van der Waals surface area contributed by atoms with E-state index in [-0.39, 0.29) is 29.4 Å². The van der Waals surface area contributed by atoms with E-state index >= 15 is 0 Å². The van der Waals surface area contributed by atoms with Crippen molar-refractivity contribution in [1.82, 2.24) is 24.8 Å². The van der Waals surface area contributed by atoms with Crippen molar-refractivity contribution in [3.63, 3.8) is 0 Å². The van der Waals surface area contributed by atoms with E-state index in [1.165, 1.54) is 23.2 Å². The largest absolute Gasteiger partial charge is 0.337 e. The Kier molecular flexibility index (Phi) is 3.77. The zero-order valence-electron chi connectivity index (χ0n) is 15.3. The van der Waals surface area contributed by atoms with E-state index in [9.17, 15) is 14.0 Å². The van der Waals surface area contributed by atoms with Gasteiger partial charge < -0.3 is 9.88 Å². The van der Waals surface area contributed by atoms with Crippen LogP contribution in [0.1, 0.15) is 33.6 Å². The number of halogens is 1. The molecule has 0 aliphatic carbocycles. The molecule has 0 spiro atoms. The van der Waals surface area contributed by atoms with Gasteiger partial charge in [-0.15, -0.1) is 0 Å². The molecule has 3 aromatic rings. The van der Waals surface area contributed by atoms with Gasteiger partial charge in [-0.25, -0.2) is 14.4 Å². The maximum absolute atomic E-state index is 14.0. The maximum Gasteiger partial charge on any atom is 0.261 e. The summed E-state index contributed by atoms with van der Waals surface area (Å²) < 4.78 is 14.0. The minimum Gasteiger partial charge on any atom is -0.337 e. The number of benzene rings is 1. The van der Waals surface area contributed by atoms with Gasteiger partial charge >= 0.3 is 0 Å². The number of rotatable bonds is 2. The smallest absolute Gasteiger partial charge is 0.261 e. The second-order valence-electron chi connectivity index (χ2n) is 7.35. The number of pyridine rings is 1. The molecule has 1 saturated heterocycles. The number of nitrogens with zero attached hydrogens (tertiary/aromatic N) is 4. The van der Waals surface area contributed by atoms with E-state index in [0.717, 1.165) is 25.9 Å². The highest BCUT2D eigenvalue weighted by atomic mass is 19.1. The highest BCUT2D eigenvalue weighted by molar-refractivity contribution is 6.23. The molecule has 4 heterocycles. The van der Waals surface area contributed by atoms with Gasteiger partial charge in [0.2, 0.25) is 0 Å². The Morgan fingerprint density at radius 3 is 2.57 bits per heavy atom. The molecule has 1 N–H and O–H groups in total. The highest BCUT2D eigenvalue weighted by Crippen LogP contribution is 2.32. The van der Waals surface area contributed by atoms with Crippen LogP contribution in [0.3, 0.4) is 0 Å². The van der Waals surface area contributed by atoms with Crippen molar-refractivity contribution in [2.45, 2.75) is 18.9 Å². The second kappa shape index (κ2) is 6.20. The summed E-state index contributed by atoms with van der Waals surface area (Å²) in [4.78, 5) is 40.9. The van der Waals surface area contributed by atoms with Crippen molar-refractivity contribution in [3.8, 4) is 11.5 Å². The summed E-state index contributed by atoms with van der Waals surface area (Å²) in [7, 11) is 2.04. The van der Waals surface area contributed by atoms with Crippen LogP contribution in [-0.4, -0.2) is 62.7 Å². The third-order valence-corrected chi connectivity index (χ3v) is 5.56. The number of H-pyrrole nitrogens is 1. The van der Waals surface area contributed by atoms with Crippen molar-refractivity contribution < 1.29 is 14.0 Å². The predicted octanol–water partition coefficient (Wildman–Crippen LogP) is 2.45. The number of aromatic amines is 1. The number of piperidine rings is 1. The van der Waals surface area contributed by atoms with Crippen LogP contribution in [0.2, 0.25) is 0 Å². The standard InChI is InChI=1S/C20H18FN5O2/c1-25-7-4-11(5-8-25)26-19(27)12-9-15-16(10-13(12)20(26)28)24-18(23-15)17-14(21)3-2-6-22-17/h2-3,6,9-11H,4-5,7-8H2,1H3,(H,23,24). The van der Waals surface area contributed by atoms with Crippen LogP contribution < -0.4 is 0 Å². The summed E-state index contributed by atoms with van der Waals surface area (Å²) in [6.45, 7) is 1.72. The summed E-state index contributed by atoms with van der Waals surface area (Å²) in [5.74, 6) is -0.764. The van der Waals surface area contributed by atoms with Gasteiger partial charge in [0.15, 0.2) is 11.6 Å². The molecule has 0 atom stereocenters. The molecule has 2 amide bonds. The fourth-order valence-corrected chi connectivity index (χ4v) is 4.02. The highest BCUT2D eigenvalue weighted by Gasteiger charge is 2.41. The van der Waals surface area contributed by atoms with Crippen molar-refractivity contribution in [2.75, 3.05) is 20.1 Å². The summed E-state index contributed by atoms with van der Waals surface area (Å²) in [6, 6.07) is 5.98. The average Bonchev–Trinajstić information content (AvgIpc) is 3.21. The van der Waals surface area contributed by atoms with Crippen molar-refractivity contribution in [1.29, 1.82) is 0 Å². The summed E-state index contributed by atoms with van der Waals surface area (Å²) in [6.07, 6.45) is 3.04. The van der Waals surface area contributed by atoms with Crippen molar-refractivity contribution >= 4 is 22.8 Å². The van der Waals surface area contributed by atoms with E-state index < -0.39 is 5.82 Å². The minimum absolute atomic E-state index is 0.0759. The number of likely N-dealkylation sites (tertiary alicyclic amines) is 1. The van der Waals surface area contributed by atoms with Crippen LogP contribution in [0.15, 0.2) is 30.5 Å². The van der Waals surface area contributed by atoms with E-state index in [2.05, 4.69) is 19.9 Å². The lowest BCUT2D eigenvalue weighted by Gasteiger charge is -2.33. The van der Waals surface area contributed by atoms with Crippen LogP contribution in [0.5, 0.6) is 0 Å². The molecule has 142 valence electrons. The first-order valence-electron chi connectivity index (χ1n) is 9.24. The number of fused-ring (bicyclic) bond motifs is 2. The molecule has 1 fully saturated rings. The number of imidazole rings is 1. The molecule has 2 aliphatic heterocycles. The lowest BCUT2D eigenvalue weighted by Crippen LogP contribution is -2.46. The number of amides is 2. The maximum atomic E-state index is 14.0. The zero-order valence-corrected chi connectivity index (χ0v) is 15.3. The first kappa shape index (κ1) is 17.0. The Hall–Kier alpha value is -3.13. The van der Waals surface area contributed by atoms with Gasteiger partial charge in [-0.2, -0.15) is 0 Å². The van der Waals surface area contributed by atoms with Crippen molar-refractivity contribution in [2.24, 2.45) is 0 Å². The number of hydrogen-bond donors (Lipinski definition) is 1. The predicted molar refractivity (Wildman–Crippen MR) is 100 cm³/mol. The topological polar surface area (TPSA) is 82.2 Å². The Labute approximate surface area is 160 Å². The number of nitrogens with one attached hydrogen (secondary N) is 1. The molecule has 0 radical (unpaired) electrons. The molecule has 5 rings (SSSR count). The number of carbonyl (C=O) groups is 2. The zero-order chi connectivity index (χ0) is 19.4. The third-order valence-electron chi connectivity index (χ3n) is 5.56. The number of aromatic nitrogens is 3. The third kappa shape index (κ3) is 2.52. The van der Waals surface area contributed by atoms with Crippen LogP contribution in [0.4, 0.5) is 4.39 Å². The van der Waals surface area contributed by atoms with E-state index in [1.54, 1.807) is 12.1 Å². The summed E-state index contributed by atoms with van der Waals surface area (Å²) in [5, 5.41) is 0.